The first kappa shape index (κ1) is 11.9. The molecule has 0 unspecified atom stereocenters. The number of rotatable bonds is 2. The van der Waals surface area contributed by atoms with E-state index in [9.17, 15) is 4.79 Å². The van der Waals surface area contributed by atoms with Crippen molar-refractivity contribution in [1.82, 2.24) is 5.32 Å². The third-order valence-corrected chi connectivity index (χ3v) is 2.80. The Morgan fingerprint density at radius 2 is 2.41 bits per heavy atom. The van der Waals surface area contributed by atoms with Crippen LogP contribution in [0.1, 0.15) is 35.8 Å². The lowest BCUT2D eigenvalue weighted by atomic mass is 10.0. The summed E-state index contributed by atoms with van der Waals surface area (Å²) < 4.78 is 10.6. The Balaban J connectivity index is 2.31. The van der Waals surface area contributed by atoms with Crippen molar-refractivity contribution < 1.29 is 14.3 Å². The van der Waals surface area contributed by atoms with E-state index < -0.39 is 0 Å². The minimum Gasteiger partial charge on any atom is -0.492 e. The molecular formula is C13H17NO3. The maximum absolute atomic E-state index is 11.6. The Kier molecular flexibility index (Phi) is 3.64. The zero-order valence-corrected chi connectivity index (χ0v) is 10.2. The van der Waals surface area contributed by atoms with Crippen LogP contribution in [0.25, 0.3) is 0 Å². The minimum atomic E-state index is -0.285. The number of hydrogen-bond donors (Lipinski definition) is 1. The van der Waals surface area contributed by atoms with Crippen LogP contribution in [0.2, 0.25) is 0 Å². The van der Waals surface area contributed by atoms with Gasteiger partial charge in [-0.2, -0.15) is 0 Å². The second-order valence-electron chi connectivity index (χ2n) is 4.00. The largest absolute Gasteiger partial charge is 0.492 e. The fraction of sp³-hybridized carbons (Fsp3) is 0.462. The average Bonchev–Trinajstić information content (AvgIpc) is 2.51. The summed E-state index contributed by atoms with van der Waals surface area (Å²) in [6.07, 6.45) is 0. The van der Waals surface area contributed by atoms with Gasteiger partial charge in [0.2, 0.25) is 0 Å². The lowest BCUT2D eigenvalue weighted by Crippen LogP contribution is -2.20. The van der Waals surface area contributed by atoms with Gasteiger partial charge in [0.05, 0.1) is 12.2 Å². The topological polar surface area (TPSA) is 47.6 Å². The van der Waals surface area contributed by atoms with Crippen molar-refractivity contribution in [2.24, 2.45) is 0 Å². The molecule has 0 bridgehead atoms. The highest BCUT2D eigenvalue weighted by molar-refractivity contribution is 5.89. The van der Waals surface area contributed by atoms with Crippen LogP contribution in [0.3, 0.4) is 0 Å². The molecule has 1 aliphatic rings. The van der Waals surface area contributed by atoms with E-state index in [4.69, 9.17) is 9.47 Å². The first-order valence-corrected chi connectivity index (χ1v) is 5.89. The monoisotopic (exact) mass is 235 g/mol. The maximum atomic E-state index is 11.6. The summed E-state index contributed by atoms with van der Waals surface area (Å²) >= 11 is 0. The molecule has 0 radical (unpaired) electrons. The predicted molar refractivity (Wildman–Crippen MR) is 64.3 cm³/mol. The number of hydrogen-bond acceptors (Lipinski definition) is 4. The Morgan fingerprint density at radius 3 is 3.18 bits per heavy atom. The molecule has 92 valence electrons. The minimum absolute atomic E-state index is 0.182. The molecule has 4 heteroatoms. The molecular weight excluding hydrogens is 218 g/mol. The average molecular weight is 235 g/mol. The van der Waals surface area contributed by atoms with Crippen molar-refractivity contribution in [2.75, 3.05) is 19.8 Å². The van der Waals surface area contributed by atoms with Gasteiger partial charge in [-0.1, -0.05) is 0 Å². The van der Waals surface area contributed by atoms with Crippen molar-refractivity contribution in [3.8, 4) is 5.75 Å². The van der Waals surface area contributed by atoms with Crippen molar-refractivity contribution in [2.45, 2.75) is 19.9 Å². The van der Waals surface area contributed by atoms with Gasteiger partial charge < -0.3 is 14.8 Å². The van der Waals surface area contributed by atoms with E-state index in [2.05, 4.69) is 12.2 Å². The highest BCUT2D eigenvalue weighted by atomic mass is 16.5. The number of esters is 1. The van der Waals surface area contributed by atoms with Gasteiger partial charge >= 0.3 is 5.97 Å². The molecule has 0 amide bonds. The number of carbonyl (C=O) groups excluding carboxylic acids is 1. The first-order chi connectivity index (χ1) is 8.22. The smallest absolute Gasteiger partial charge is 0.338 e. The molecule has 1 aliphatic heterocycles. The molecule has 1 aromatic rings. The molecule has 2 rings (SSSR count). The Morgan fingerprint density at radius 1 is 1.59 bits per heavy atom. The maximum Gasteiger partial charge on any atom is 0.338 e. The lowest BCUT2D eigenvalue weighted by Gasteiger charge is -2.13. The fourth-order valence-corrected chi connectivity index (χ4v) is 1.91. The summed E-state index contributed by atoms with van der Waals surface area (Å²) in [4.78, 5) is 11.6. The van der Waals surface area contributed by atoms with E-state index >= 15 is 0 Å². The molecule has 1 atom stereocenters. The van der Waals surface area contributed by atoms with E-state index in [0.717, 1.165) is 17.9 Å². The van der Waals surface area contributed by atoms with Crippen molar-refractivity contribution in [1.29, 1.82) is 0 Å². The molecule has 17 heavy (non-hydrogen) atoms. The highest BCUT2D eigenvalue weighted by Gasteiger charge is 2.17. The number of nitrogens with one attached hydrogen (secondary N) is 1. The summed E-state index contributed by atoms with van der Waals surface area (Å²) in [5, 5.41) is 3.32. The van der Waals surface area contributed by atoms with Gasteiger partial charge in [0.15, 0.2) is 0 Å². The van der Waals surface area contributed by atoms with Crippen LogP contribution >= 0.6 is 0 Å². The van der Waals surface area contributed by atoms with Gasteiger partial charge in [-0.05, 0) is 32.0 Å². The lowest BCUT2D eigenvalue weighted by molar-refractivity contribution is 0.0526. The molecule has 0 fully saturated rings. The van der Waals surface area contributed by atoms with E-state index in [-0.39, 0.29) is 12.0 Å². The summed E-state index contributed by atoms with van der Waals surface area (Å²) in [7, 11) is 0. The molecule has 0 spiro atoms. The van der Waals surface area contributed by atoms with Crippen LogP contribution in [-0.2, 0) is 4.74 Å². The Bertz CT molecular complexity index is 417. The van der Waals surface area contributed by atoms with Crippen LogP contribution in [0.4, 0.5) is 0 Å². The predicted octanol–water partition coefficient (Wildman–Crippen LogP) is 1.91. The second-order valence-corrected chi connectivity index (χ2v) is 4.00. The van der Waals surface area contributed by atoms with E-state index in [0.29, 0.717) is 18.8 Å². The van der Waals surface area contributed by atoms with Crippen LogP contribution in [0.5, 0.6) is 5.75 Å². The molecule has 1 heterocycles. The van der Waals surface area contributed by atoms with Gasteiger partial charge in [0.25, 0.3) is 0 Å². The van der Waals surface area contributed by atoms with Crippen LogP contribution in [0, 0.1) is 0 Å². The summed E-state index contributed by atoms with van der Waals surface area (Å²) in [6, 6.07) is 5.61. The fourth-order valence-electron chi connectivity index (χ4n) is 1.91. The van der Waals surface area contributed by atoms with E-state index in [1.807, 2.05) is 12.1 Å². The van der Waals surface area contributed by atoms with Gasteiger partial charge in [-0.3, -0.25) is 0 Å². The molecule has 0 saturated carbocycles. The highest BCUT2D eigenvalue weighted by Crippen LogP contribution is 2.28. The van der Waals surface area contributed by atoms with Crippen molar-refractivity contribution in [3.05, 3.63) is 29.3 Å². The van der Waals surface area contributed by atoms with Crippen molar-refractivity contribution in [3.63, 3.8) is 0 Å². The Hall–Kier alpha value is -1.55. The van der Waals surface area contributed by atoms with Gasteiger partial charge in [-0.15, -0.1) is 0 Å². The quantitative estimate of drug-likeness (QED) is 0.795. The summed E-state index contributed by atoms with van der Waals surface area (Å²) in [6.45, 7) is 5.71. The molecule has 0 saturated heterocycles. The first-order valence-electron chi connectivity index (χ1n) is 5.89. The molecule has 0 aliphatic carbocycles. The molecule has 1 aromatic carbocycles. The van der Waals surface area contributed by atoms with Crippen molar-refractivity contribution >= 4 is 5.97 Å². The van der Waals surface area contributed by atoms with E-state index in [1.165, 1.54) is 0 Å². The van der Waals surface area contributed by atoms with Gasteiger partial charge in [0.1, 0.15) is 12.4 Å². The number of carbonyl (C=O) groups is 1. The normalized spacial score (nSPS) is 18.8. The van der Waals surface area contributed by atoms with E-state index in [1.54, 1.807) is 13.0 Å². The Labute approximate surface area is 101 Å². The van der Waals surface area contributed by atoms with Gasteiger partial charge in [-0.25, -0.2) is 4.79 Å². The second kappa shape index (κ2) is 5.19. The zero-order valence-electron chi connectivity index (χ0n) is 10.2. The standard InChI is InChI=1S/C13H17NO3/c1-3-16-13(15)10-4-5-12-11(8-10)9(2)14-6-7-17-12/h4-5,8-9,14H,3,6-7H2,1-2H3/t9-/m1/s1. The zero-order chi connectivity index (χ0) is 12.3. The molecule has 0 aromatic heterocycles. The van der Waals surface area contributed by atoms with Crippen LogP contribution in [0.15, 0.2) is 18.2 Å². The summed E-state index contributed by atoms with van der Waals surface area (Å²) in [5.41, 5.74) is 1.58. The third kappa shape index (κ3) is 2.58. The van der Waals surface area contributed by atoms with Gasteiger partial charge in [0, 0.05) is 18.2 Å². The third-order valence-electron chi connectivity index (χ3n) is 2.80. The number of benzene rings is 1. The molecule has 4 nitrogen and oxygen atoms in total. The van der Waals surface area contributed by atoms with Crippen LogP contribution < -0.4 is 10.1 Å². The molecule has 1 N–H and O–H groups in total. The number of fused-ring (bicyclic) bond motifs is 1. The SMILES string of the molecule is CCOC(=O)c1ccc2c(c1)[C@@H](C)NCCO2. The summed E-state index contributed by atoms with van der Waals surface area (Å²) in [5.74, 6) is 0.558. The number of ether oxygens (including phenoxy) is 2. The van der Waals surface area contributed by atoms with Crippen LogP contribution in [-0.4, -0.2) is 25.7 Å².